The van der Waals surface area contributed by atoms with Crippen molar-refractivity contribution < 1.29 is 4.74 Å². The molecule has 0 bridgehead atoms. The first-order valence-corrected chi connectivity index (χ1v) is 6.18. The normalized spacial score (nSPS) is 14.9. The second kappa shape index (κ2) is 5.45. The van der Waals surface area contributed by atoms with Gasteiger partial charge < -0.3 is 9.72 Å². The molecular weight excluding hydrogens is 216 g/mol. The molecule has 0 aliphatic rings. The van der Waals surface area contributed by atoms with E-state index in [2.05, 4.69) is 9.97 Å². The molecule has 1 unspecified atom stereocenters. The van der Waals surface area contributed by atoms with Crippen molar-refractivity contribution in [3.05, 3.63) is 27.9 Å². The summed E-state index contributed by atoms with van der Waals surface area (Å²) >= 11 is 0. The molecule has 0 saturated heterocycles. The van der Waals surface area contributed by atoms with E-state index in [4.69, 9.17) is 4.74 Å². The van der Waals surface area contributed by atoms with Gasteiger partial charge in [-0.25, -0.2) is 4.98 Å². The summed E-state index contributed by atoms with van der Waals surface area (Å²) in [6.45, 7) is 10.6. The van der Waals surface area contributed by atoms with Gasteiger partial charge in [0.15, 0.2) is 0 Å². The molecule has 0 aliphatic heterocycles. The molecule has 1 atom stereocenters. The van der Waals surface area contributed by atoms with Crippen LogP contribution in [0.4, 0.5) is 0 Å². The molecule has 4 heteroatoms. The zero-order valence-corrected chi connectivity index (χ0v) is 11.3. The smallest absolute Gasteiger partial charge is 0.251 e. The Hall–Kier alpha value is -1.16. The van der Waals surface area contributed by atoms with Gasteiger partial charge in [-0.1, -0.05) is 20.8 Å². The van der Waals surface area contributed by atoms with Crippen LogP contribution in [0.25, 0.3) is 0 Å². The van der Waals surface area contributed by atoms with E-state index in [9.17, 15) is 4.79 Å². The van der Waals surface area contributed by atoms with E-state index in [1.165, 1.54) is 0 Å². The molecule has 1 aromatic heterocycles. The molecule has 0 aromatic carbocycles. The number of nitrogens with zero attached hydrogens (tertiary/aromatic N) is 1. The third-order valence-corrected chi connectivity index (χ3v) is 2.99. The number of ether oxygens (including phenoxy) is 1. The second-order valence-corrected chi connectivity index (χ2v) is 4.69. The number of hydrogen-bond donors (Lipinski definition) is 1. The van der Waals surface area contributed by atoms with Crippen LogP contribution in [0.5, 0.6) is 0 Å². The third kappa shape index (κ3) is 3.16. The van der Waals surface area contributed by atoms with Gasteiger partial charge in [0.2, 0.25) is 0 Å². The van der Waals surface area contributed by atoms with Gasteiger partial charge in [0.05, 0.1) is 5.69 Å². The first-order chi connectivity index (χ1) is 7.92. The van der Waals surface area contributed by atoms with Crippen LogP contribution in [-0.2, 0) is 10.3 Å². The molecular formula is C13H22N2O2. The average molecular weight is 238 g/mol. The first-order valence-electron chi connectivity index (χ1n) is 6.18. The maximum Gasteiger partial charge on any atom is 0.251 e. The molecule has 4 nitrogen and oxygen atoms in total. The summed E-state index contributed by atoms with van der Waals surface area (Å²) in [6.07, 6.45) is 0.769. The summed E-state index contributed by atoms with van der Waals surface area (Å²) in [5, 5.41) is 0. The van der Waals surface area contributed by atoms with Crippen LogP contribution in [0, 0.1) is 0 Å². The van der Waals surface area contributed by atoms with Gasteiger partial charge in [0.25, 0.3) is 5.56 Å². The van der Waals surface area contributed by atoms with E-state index in [0.717, 1.165) is 12.1 Å². The lowest BCUT2D eigenvalue weighted by atomic mass is 10.0. The van der Waals surface area contributed by atoms with E-state index in [-0.39, 0.29) is 11.5 Å². The molecule has 0 radical (unpaired) electrons. The van der Waals surface area contributed by atoms with Crippen molar-refractivity contribution in [1.29, 1.82) is 0 Å². The number of hydrogen-bond acceptors (Lipinski definition) is 3. The highest BCUT2D eigenvalue weighted by atomic mass is 16.5. The lowest BCUT2D eigenvalue weighted by Gasteiger charge is -2.27. The maximum atomic E-state index is 11.6. The topological polar surface area (TPSA) is 55.0 Å². The zero-order chi connectivity index (χ0) is 13.1. The number of rotatable bonds is 5. The average Bonchev–Trinajstić information content (AvgIpc) is 2.28. The van der Waals surface area contributed by atoms with Crippen LogP contribution in [0.3, 0.4) is 0 Å². The first kappa shape index (κ1) is 13.9. The highest BCUT2D eigenvalue weighted by Gasteiger charge is 2.28. The minimum atomic E-state index is -0.515. The van der Waals surface area contributed by atoms with Crippen LogP contribution >= 0.6 is 0 Å². The Morgan fingerprint density at radius 2 is 2.12 bits per heavy atom. The van der Waals surface area contributed by atoms with E-state index in [1.807, 2.05) is 34.6 Å². The lowest BCUT2D eigenvalue weighted by molar-refractivity contribution is -0.0393. The summed E-state index contributed by atoms with van der Waals surface area (Å²) in [6, 6.07) is 1.55. The molecule has 1 rings (SSSR count). The van der Waals surface area contributed by atoms with Crippen LogP contribution < -0.4 is 5.56 Å². The molecule has 17 heavy (non-hydrogen) atoms. The van der Waals surface area contributed by atoms with Gasteiger partial charge in [-0.05, 0) is 26.2 Å². The Labute approximate surface area is 102 Å². The van der Waals surface area contributed by atoms with Crippen molar-refractivity contribution in [2.24, 2.45) is 0 Å². The Balaban J connectivity index is 3.24. The van der Waals surface area contributed by atoms with Crippen molar-refractivity contribution in [1.82, 2.24) is 9.97 Å². The Kier molecular flexibility index (Phi) is 4.46. The van der Waals surface area contributed by atoms with E-state index >= 15 is 0 Å². The summed E-state index contributed by atoms with van der Waals surface area (Å²) < 4.78 is 5.72. The van der Waals surface area contributed by atoms with E-state index in [1.54, 1.807) is 6.07 Å². The third-order valence-electron chi connectivity index (χ3n) is 2.99. The van der Waals surface area contributed by atoms with Crippen LogP contribution in [0.1, 0.15) is 58.5 Å². The molecule has 0 saturated carbocycles. The molecule has 0 amide bonds. The highest BCUT2D eigenvalue weighted by molar-refractivity contribution is 5.10. The Morgan fingerprint density at radius 1 is 1.47 bits per heavy atom. The van der Waals surface area contributed by atoms with Crippen molar-refractivity contribution in [3.8, 4) is 0 Å². The minimum absolute atomic E-state index is 0.113. The molecule has 96 valence electrons. The van der Waals surface area contributed by atoms with Crippen molar-refractivity contribution in [2.45, 2.75) is 52.6 Å². The summed E-state index contributed by atoms with van der Waals surface area (Å²) in [5.41, 5.74) is 0.180. The number of aromatic amines is 1. The van der Waals surface area contributed by atoms with E-state index in [0.29, 0.717) is 12.4 Å². The van der Waals surface area contributed by atoms with Crippen LogP contribution in [0.2, 0.25) is 0 Å². The fourth-order valence-corrected chi connectivity index (χ4v) is 1.68. The van der Waals surface area contributed by atoms with Gasteiger partial charge in [-0.2, -0.15) is 0 Å². The minimum Gasteiger partial charge on any atom is -0.368 e. The van der Waals surface area contributed by atoms with Crippen LogP contribution in [-0.4, -0.2) is 16.6 Å². The van der Waals surface area contributed by atoms with Crippen molar-refractivity contribution in [2.75, 3.05) is 6.61 Å². The quantitative estimate of drug-likeness (QED) is 0.857. The molecule has 1 aromatic rings. The van der Waals surface area contributed by atoms with E-state index < -0.39 is 5.60 Å². The SMILES string of the molecule is CCOC(C)(CC)c1nc(C(C)C)cc(=O)[nH]1. The van der Waals surface area contributed by atoms with Crippen LogP contribution in [0.15, 0.2) is 10.9 Å². The summed E-state index contributed by atoms with van der Waals surface area (Å²) in [7, 11) is 0. The van der Waals surface area contributed by atoms with Gasteiger partial charge >= 0.3 is 0 Å². The zero-order valence-electron chi connectivity index (χ0n) is 11.3. The van der Waals surface area contributed by atoms with Gasteiger partial charge in [0.1, 0.15) is 11.4 Å². The largest absolute Gasteiger partial charge is 0.368 e. The Bertz CT molecular complexity index is 426. The molecule has 1 N–H and O–H groups in total. The number of H-pyrrole nitrogens is 1. The molecule has 1 heterocycles. The Morgan fingerprint density at radius 3 is 2.59 bits per heavy atom. The fraction of sp³-hybridized carbons (Fsp3) is 0.692. The molecule has 0 aliphatic carbocycles. The number of nitrogens with one attached hydrogen (secondary N) is 1. The predicted molar refractivity (Wildman–Crippen MR) is 68.2 cm³/mol. The summed E-state index contributed by atoms with van der Waals surface area (Å²) in [4.78, 5) is 18.9. The highest BCUT2D eigenvalue weighted by Crippen LogP contribution is 2.26. The second-order valence-electron chi connectivity index (χ2n) is 4.69. The number of aromatic nitrogens is 2. The fourth-order valence-electron chi connectivity index (χ4n) is 1.68. The van der Waals surface area contributed by atoms with Crippen molar-refractivity contribution >= 4 is 0 Å². The van der Waals surface area contributed by atoms with Gasteiger partial charge in [0, 0.05) is 12.7 Å². The standard InChI is InChI=1S/C13H22N2O2/c1-6-13(5,17-7-2)12-14-10(9(3)4)8-11(16)15-12/h8-9H,6-7H2,1-5H3,(H,14,15,16). The van der Waals surface area contributed by atoms with Crippen molar-refractivity contribution in [3.63, 3.8) is 0 Å². The van der Waals surface area contributed by atoms with Gasteiger partial charge in [-0.15, -0.1) is 0 Å². The summed E-state index contributed by atoms with van der Waals surface area (Å²) in [5.74, 6) is 0.858. The van der Waals surface area contributed by atoms with Gasteiger partial charge in [-0.3, -0.25) is 4.79 Å². The maximum absolute atomic E-state index is 11.6. The lowest BCUT2D eigenvalue weighted by Crippen LogP contribution is -2.31. The molecule has 0 spiro atoms. The monoisotopic (exact) mass is 238 g/mol. The predicted octanol–water partition coefficient (Wildman–Crippen LogP) is 2.56. The molecule has 0 fully saturated rings.